The Labute approximate surface area is 174 Å². The SMILES string of the molecule is CCc1ccc(C(=O)COC(=O)c2ccc(C(=O)C(=O)c3ccccc3)cc2)cc1. The van der Waals surface area contributed by atoms with Gasteiger partial charge >= 0.3 is 5.97 Å². The number of rotatable bonds is 8. The molecule has 0 fully saturated rings. The summed E-state index contributed by atoms with van der Waals surface area (Å²) in [5.74, 6) is -2.26. The number of aryl methyl sites for hydroxylation is 1. The molecule has 0 saturated carbocycles. The van der Waals surface area contributed by atoms with E-state index in [4.69, 9.17) is 4.74 Å². The van der Waals surface area contributed by atoms with Gasteiger partial charge in [0.05, 0.1) is 5.56 Å². The smallest absolute Gasteiger partial charge is 0.338 e. The Balaban J connectivity index is 1.60. The number of carbonyl (C=O) groups is 4. The van der Waals surface area contributed by atoms with Crippen LogP contribution in [0.5, 0.6) is 0 Å². The van der Waals surface area contributed by atoms with Crippen LogP contribution in [0.1, 0.15) is 53.9 Å². The molecule has 0 unspecified atom stereocenters. The molecule has 0 amide bonds. The molecular formula is C25H20O5. The van der Waals surface area contributed by atoms with Gasteiger partial charge in [0.25, 0.3) is 0 Å². The van der Waals surface area contributed by atoms with Crippen molar-refractivity contribution >= 4 is 23.3 Å². The van der Waals surface area contributed by atoms with Crippen molar-refractivity contribution in [1.82, 2.24) is 0 Å². The van der Waals surface area contributed by atoms with Gasteiger partial charge in [0.2, 0.25) is 11.6 Å². The zero-order valence-electron chi connectivity index (χ0n) is 16.5. The molecule has 0 saturated heterocycles. The molecule has 3 aromatic rings. The third kappa shape index (κ3) is 4.94. The van der Waals surface area contributed by atoms with Gasteiger partial charge in [0.15, 0.2) is 12.4 Å². The molecule has 5 heteroatoms. The summed E-state index contributed by atoms with van der Waals surface area (Å²) in [5, 5.41) is 0. The van der Waals surface area contributed by atoms with Crippen LogP contribution in [-0.4, -0.2) is 29.9 Å². The highest BCUT2D eigenvalue weighted by Gasteiger charge is 2.19. The molecule has 5 nitrogen and oxygen atoms in total. The number of hydrogen-bond donors (Lipinski definition) is 0. The van der Waals surface area contributed by atoms with Gasteiger partial charge in [-0.3, -0.25) is 14.4 Å². The van der Waals surface area contributed by atoms with E-state index in [1.54, 1.807) is 42.5 Å². The van der Waals surface area contributed by atoms with E-state index < -0.39 is 17.5 Å². The first-order valence-electron chi connectivity index (χ1n) is 9.53. The molecular weight excluding hydrogens is 380 g/mol. The highest BCUT2D eigenvalue weighted by molar-refractivity contribution is 6.49. The lowest BCUT2D eigenvalue weighted by Gasteiger charge is -2.06. The molecule has 0 N–H and O–H groups in total. The van der Waals surface area contributed by atoms with Gasteiger partial charge in [0.1, 0.15) is 0 Å². The molecule has 0 aliphatic carbocycles. The lowest BCUT2D eigenvalue weighted by molar-refractivity contribution is 0.0474. The molecule has 0 heterocycles. The number of benzene rings is 3. The summed E-state index contributed by atoms with van der Waals surface area (Å²) in [5.41, 5.74) is 2.25. The van der Waals surface area contributed by atoms with Crippen molar-refractivity contribution in [2.75, 3.05) is 6.61 Å². The highest BCUT2D eigenvalue weighted by Crippen LogP contribution is 2.11. The van der Waals surface area contributed by atoms with Gasteiger partial charge in [-0.15, -0.1) is 0 Å². The summed E-state index contributed by atoms with van der Waals surface area (Å²) in [7, 11) is 0. The Morgan fingerprint density at radius 1 is 0.633 bits per heavy atom. The lowest BCUT2D eigenvalue weighted by atomic mass is 10.0. The van der Waals surface area contributed by atoms with E-state index >= 15 is 0 Å². The number of hydrogen-bond acceptors (Lipinski definition) is 5. The van der Waals surface area contributed by atoms with Gasteiger partial charge in [-0.1, -0.05) is 73.7 Å². The Kier molecular flexibility index (Phi) is 6.65. The maximum Gasteiger partial charge on any atom is 0.338 e. The lowest BCUT2D eigenvalue weighted by Crippen LogP contribution is -2.16. The van der Waals surface area contributed by atoms with Gasteiger partial charge in [0, 0.05) is 16.7 Å². The molecule has 0 aliphatic heterocycles. The third-order valence-corrected chi connectivity index (χ3v) is 4.64. The van der Waals surface area contributed by atoms with Crippen LogP contribution in [0.2, 0.25) is 0 Å². The second-order valence-electron chi connectivity index (χ2n) is 6.65. The maximum atomic E-state index is 12.3. The first-order chi connectivity index (χ1) is 14.5. The van der Waals surface area contributed by atoms with Crippen LogP contribution in [0.3, 0.4) is 0 Å². The minimum absolute atomic E-state index is 0.174. The van der Waals surface area contributed by atoms with Crippen molar-refractivity contribution in [2.45, 2.75) is 13.3 Å². The highest BCUT2D eigenvalue weighted by atomic mass is 16.5. The van der Waals surface area contributed by atoms with E-state index in [9.17, 15) is 19.2 Å². The van der Waals surface area contributed by atoms with E-state index in [1.165, 1.54) is 24.3 Å². The minimum Gasteiger partial charge on any atom is -0.454 e. The van der Waals surface area contributed by atoms with Crippen LogP contribution >= 0.6 is 0 Å². The number of carbonyl (C=O) groups excluding carboxylic acids is 4. The fourth-order valence-electron chi connectivity index (χ4n) is 2.83. The molecule has 0 radical (unpaired) electrons. The quantitative estimate of drug-likeness (QED) is 0.319. The van der Waals surface area contributed by atoms with Crippen LogP contribution in [0.4, 0.5) is 0 Å². The second-order valence-corrected chi connectivity index (χ2v) is 6.65. The van der Waals surface area contributed by atoms with Gasteiger partial charge < -0.3 is 4.74 Å². The fraction of sp³-hybridized carbons (Fsp3) is 0.120. The zero-order valence-corrected chi connectivity index (χ0v) is 16.5. The number of esters is 1. The van der Waals surface area contributed by atoms with E-state index in [1.807, 2.05) is 19.1 Å². The predicted molar refractivity (Wildman–Crippen MR) is 112 cm³/mol. The summed E-state index contributed by atoms with van der Waals surface area (Å²) < 4.78 is 5.08. The maximum absolute atomic E-state index is 12.3. The minimum atomic E-state index is -0.679. The number of ketones is 3. The third-order valence-electron chi connectivity index (χ3n) is 4.64. The standard InChI is InChI=1S/C25H20O5/c1-2-17-8-10-18(11-9-17)22(26)16-30-25(29)21-14-12-20(13-15-21)24(28)23(27)19-6-4-3-5-7-19/h3-15H,2,16H2,1H3. The molecule has 0 atom stereocenters. The Bertz CT molecular complexity index is 1060. The predicted octanol–water partition coefficient (Wildman–Crippen LogP) is 4.35. The summed E-state index contributed by atoms with van der Waals surface area (Å²) in [6.07, 6.45) is 0.874. The van der Waals surface area contributed by atoms with E-state index in [0.717, 1.165) is 12.0 Å². The van der Waals surface area contributed by atoms with Gasteiger partial charge in [-0.25, -0.2) is 4.79 Å². The number of Topliss-reactive ketones (excluding diaryl/α,β-unsaturated/α-hetero) is 3. The Hall–Kier alpha value is -3.86. The molecule has 3 rings (SSSR count). The summed E-state index contributed by atoms with van der Waals surface area (Å²) in [6, 6.07) is 21.0. The fourth-order valence-corrected chi connectivity index (χ4v) is 2.83. The summed E-state index contributed by atoms with van der Waals surface area (Å²) >= 11 is 0. The molecule has 3 aromatic carbocycles. The van der Waals surface area contributed by atoms with E-state index in [2.05, 4.69) is 0 Å². The number of ether oxygens (including phenoxy) is 1. The van der Waals surface area contributed by atoms with Gasteiger partial charge in [-0.2, -0.15) is 0 Å². The Morgan fingerprint density at radius 3 is 1.70 bits per heavy atom. The van der Waals surface area contributed by atoms with Crippen molar-refractivity contribution in [2.24, 2.45) is 0 Å². The van der Waals surface area contributed by atoms with Crippen molar-refractivity contribution in [1.29, 1.82) is 0 Å². The van der Waals surface area contributed by atoms with Gasteiger partial charge in [-0.05, 0) is 24.1 Å². The largest absolute Gasteiger partial charge is 0.454 e. The zero-order chi connectivity index (χ0) is 21.5. The monoisotopic (exact) mass is 400 g/mol. The van der Waals surface area contributed by atoms with Crippen LogP contribution in [0.25, 0.3) is 0 Å². The first kappa shape index (κ1) is 20.9. The van der Waals surface area contributed by atoms with E-state index in [-0.39, 0.29) is 23.5 Å². The summed E-state index contributed by atoms with van der Waals surface area (Å²) in [6.45, 7) is 1.65. The molecule has 0 aromatic heterocycles. The van der Waals surface area contributed by atoms with Crippen LogP contribution in [-0.2, 0) is 11.2 Å². The topological polar surface area (TPSA) is 77.5 Å². The van der Waals surface area contributed by atoms with Crippen LogP contribution in [0.15, 0.2) is 78.9 Å². The molecule has 0 spiro atoms. The average molecular weight is 400 g/mol. The van der Waals surface area contributed by atoms with Crippen molar-refractivity contribution < 1.29 is 23.9 Å². The molecule has 30 heavy (non-hydrogen) atoms. The average Bonchev–Trinajstić information content (AvgIpc) is 2.82. The van der Waals surface area contributed by atoms with Crippen molar-refractivity contribution in [3.05, 3.63) is 107 Å². The normalized spacial score (nSPS) is 10.3. The molecule has 0 bridgehead atoms. The van der Waals surface area contributed by atoms with Crippen molar-refractivity contribution in [3.63, 3.8) is 0 Å². The van der Waals surface area contributed by atoms with E-state index in [0.29, 0.717) is 11.1 Å². The Morgan fingerprint density at radius 2 is 1.13 bits per heavy atom. The first-order valence-corrected chi connectivity index (χ1v) is 9.53. The van der Waals surface area contributed by atoms with Crippen molar-refractivity contribution in [3.8, 4) is 0 Å². The molecule has 0 aliphatic rings. The second kappa shape index (κ2) is 9.56. The van der Waals surface area contributed by atoms with Crippen LogP contribution in [0, 0.1) is 0 Å². The molecule has 150 valence electrons. The van der Waals surface area contributed by atoms with Crippen LogP contribution < -0.4 is 0 Å². The summed E-state index contributed by atoms with van der Waals surface area (Å²) in [4.78, 5) is 48.9.